The summed E-state index contributed by atoms with van der Waals surface area (Å²) in [6, 6.07) is 16.4. The second-order valence-corrected chi connectivity index (χ2v) is 5.79. The molecule has 0 unspecified atom stereocenters. The standard InChI is InChI=1S/C19H21N3O4/c1-3-22(24)19(23)21(2)26-16-11-7-10-15(12-16)18-20-17(13-25-18)14-8-5-4-6-9-14/h4-12,17,24H,3,13H2,1-2H3/t17-/m0/s1. The van der Waals surface area contributed by atoms with Crippen molar-refractivity contribution in [3.63, 3.8) is 0 Å². The number of carbonyl (C=O) groups excluding carboxylic acids is 1. The number of amides is 2. The number of urea groups is 1. The molecule has 1 atom stereocenters. The third kappa shape index (κ3) is 3.94. The van der Waals surface area contributed by atoms with Gasteiger partial charge in [0.15, 0.2) is 5.75 Å². The molecule has 3 rings (SSSR count). The van der Waals surface area contributed by atoms with Gasteiger partial charge in [0.2, 0.25) is 5.90 Å². The van der Waals surface area contributed by atoms with Gasteiger partial charge in [0.25, 0.3) is 0 Å². The van der Waals surface area contributed by atoms with Gasteiger partial charge in [-0.05, 0) is 30.7 Å². The van der Waals surface area contributed by atoms with Gasteiger partial charge in [0.1, 0.15) is 12.6 Å². The molecule has 0 radical (unpaired) electrons. The van der Waals surface area contributed by atoms with Gasteiger partial charge < -0.3 is 9.57 Å². The third-order valence-corrected chi connectivity index (χ3v) is 3.95. The monoisotopic (exact) mass is 355 g/mol. The summed E-state index contributed by atoms with van der Waals surface area (Å²) in [6.07, 6.45) is 0. The van der Waals surface area contributed by atoms with Crippen LogP contribution in [0.2, 0.25) is 0 Å². The van der Waals surface area contributed by atoms with Gasteiger partial charge in [0, 0.05) is 12.1 Å². The van der Waals surface area contributed by atoms with Crippen molar-refractivity contribution in [3.8, 4) is 5.75 Å². The van der Waals surface area contributed by atoms with E-state index < -0.39 is 6.03 Å². The zero-order valence-corrected chi connectivity index (χ0v) is 14.7. The fourth-order valence-electron chi connectivity index (χ4n) is 2.56. The van der Waals surface area contributed by atoms with Crippen LogP contribution in [0.15, 0.2) is 59.6 Å². The maximum atomic E-state index is 11.8. The Labute approximate surface area is 152 Å². The van der Waals surface area contributed by atoms with E-state index in [1.54, 1.807) is 25.1 Å². The van der Waals surface area contributed by atoms with E-state index in [-0.39, 0.29) is 12.6 Å². The number of benzene rings is 2. The minimum atomic E-state index is -0.656. The number of aliphatic imine (C=N–C) groups is 1. The Morgan fingerprint density at radius 1 is 1.27 bits per heavy atom. The van der Waals surface area contributed by atoms with Crippen LogP contribution >= 0.6 is 0 Å². The molecule has 1 aliphatic rings. The van der Waals surface area contributed by atoms with E-state index >= 15 is 0 Å². The Hall–Kier alpha value is -3.06. The predicted molar refractivity (Wildman–Crippen MR) is 96.1 cm³/mol. The Kier molecular flexibility index (Phi) is 5.38. The largest absolute Gasteiger partial charge is 0.475 e. The number of ether oxygens (including phenoxy) is 1. The van der Waals surface area contributed by atoms with Gasteiger partial charge in [-0.15, -0.1) is 0 Å². The molecule has 1 N–H and O–H groups in total. The first kappa shape index (κ1) is 17.8. The molecule has 1 heterocycles. The van der Waals surface area contributed by atoms with Crippen molar-refractivity contribution in [1.82, 2.24) is 10.1 Å². The number of carbonyl (C=O) groups is 1. The smallest absolute Gasteiger partial charge is 0.376 e. The summed E-state index contributed by atoms with van der Waals surface area (Å²) in [5, 5.41) is 11.0. The molecule has 0 bridgehead atoms. The molecule has 136 valence electrons. The number of rotatable bonds is 5. The summed E-state index contributed by atoms with van der Waals surface area (Å²) in [7, 11) is 1.43. The Morgan fingerprint density at radius 3 is 2.77 bits per heavy atom. The highest BCUT2D eigenvalue weighted by Crippen LogP contribution is 2.26. The maximum absolute atomic E-state index is 11.8. The van der Waals surface area contributed by atoms with Crippen LogP contribution in [0, 0.1) is 0 Å². The van der Waals surface area contributed by atoms with E-state index in [4.69, 9.17) is 9.57 Å². The molecule has 0 saturated carbocycles. The quantitative estimate of drug-likeness (QED) is 0.660. The zero-order chi connectivity index (χ0) is 18.5. The van der Waals surface area contributed by atoms with Crippen molar-refractivity contribution in [2.24, 2.45) is 4.99 Å². The summed E-state index contributed by atoms with van der Waals surface area (Å²) >= 11 is 0. The minimum absolute atomic E-state index is 0.0347. The Morgan fingerprint density at radius 2 is 2.04 bits per heavy atom. The van der Waals surface area contributed by atoms with Crippen LogP contribution in [0.5, 0.6) is 5.75 Å². The topological polar surface area (TPSA) is 74.6 Å². The fourth-order valence-corrected chi connectivity index (χ4v) is 2.56. The molecular formula is C19H21N3O4. The highest BCUT2D eigenvalue weighted by molar-refractivity contribution is 5.95. The summed E-state index contributed by atoms with van der Waals surface area (Å²) in [5.74, 6) is 0.980. The SMILES string of the molecule is CCN(O)C(=O)N(C)Oc1cccc(C2=N[C@H](c3ccccc3)CO2)c1. The zero-order valence-electron chi connectivity index (χ0n) is 14.7. The predicted octanol–water partition coefficient (Wildman–Crippen LogP) is 3.26. The van der Waals surface area contributed by atoms with E-state index in [1.807, 2.05) is 36.4 Å². The number of hydroxylamine groups is 4. The second kappa shape index (κ2) is 7.88. The van der Waals surface area contributed by atoms with E-state index in [0.29, 0.717) is 23.3 Å². The summed E-state index contributed by atoms with van der Waals surface area (Å²) in [6.45, 7) is 2.31. The molecule has 0 aromatic heterocycles. The first-order chi connectivity index (χ1) is 12.6. The van der Waals surface area contributed by atoms with Gasteiger partial charge in [0.05, 0.1) is 7.05 Å². The molecule has 26 heavy (non-hydrogen) atoms. The van der Waals surface area contributed by atoms with Crippen molar-refractivity contribution in [2.75, 3.05) is 20.2 Å². The van der Waals surface area contributed by atoms with Gasteiger partial charge in [-0.3, -0.25) is 5.21 Å². The molecule has 0 fully saturated rings. The van der Waals surface area contributed by atoms with Crippen LogP contribution in [0.1, 0.15) is 24.1 Å². The molecule has 0 spiro atoms. The lowest BCUT2D eigenvalue weighted by Crippen LogP contribution is -2.40. The normalized spacial score (nSPS) is 15.8. The average Bonchev–Trinajstić information content (AvgIpc) is 3.18. The van der Waals surface area contributed by atoms with Crippen LogP contribution in [0.4, 0.5) is 4.79 Å². The minimum Gasteiger partial charge on any atom is -0.475 e. The lowest BCUT2D eigenvalue weighted by Gasteiger charge is -2.22. The third-order valence-electron chi connectivity index (χ3n) is 3.95. The van der Waals surface area contributed by atoms with E-state index in [1.165, 1.54) is 7.05 Å². The molecular weight excluding hydrogens is 334 g/mol. The molecule has 2 aromatic rings. The lowest BCUT2D eigenvalue weighted by molar-refractivity contribution is -0.0916. The summed E-state index contributed by atoms with van der Waals surface area (Å²) in [4.78, 5) is 22.0. The Balaban J connectivity index is 1.73. The maximum Gasteiger partial charge on any atom is 0.376 e. The number of hydrogen-bond donors (Lipinski definition) is 1. The van der Waals surface area contributed by atoms with Crippen LogP contribution < -0.4 is 4.84 Å². The lowest BCUT2D eigenvalue weighted by atomic mass is 10.1. The fraction of sp³-hybridized carbons (Fsp3) is 0.263. The molecule has 0 aliphatic carbocycles. The van der Waals surface area contributed by atoms with Gasteiger partial charge in [-0.2, -0.15) is 5.06 Å². The van der Waals surface area contributed by atoms with Gasteiger partial charge in [-0.25, -0.2) is 14.9 Å². The molecule has 2 aromatic carbocycles. The van der Waals surface area contributed by atoms with Crippen molar-refractivity contribution < 1.29 is 19.6 Å². The van der Waals surface area contributed by atoms with Gasteiger partial charge >= 0.3 is 6.03 Å². The van der Waals surface area contributed by atoms with E-state index in [0.717, 1.165) is 16.2 Å². The Bertz CT molecular complexity index is 794. The first-order valence-electron chi connectivity index (χ1n) is 8.36. The first-order valence-corrected chi connectivity index (χ1v) is 8.36. The van der Waals surface area contributed by atoms with E-state index in [9.17, 15) is 10.0 Å². The van der Waals surface area contributed by atoms with Crippen LogP contribution in [-0.4, -0.2) is 47.5 Å². The summed E-state index contributed by atoms with van der Waals surface area (Å²) in [5.41, 5.74) is 1.86. The molecule has 2 amide bonds. The molecule has 0 saturated heterocycles. The van der Waals surface area contributed by atoms with Crippen molar-refractivity contribution in [1.29, 1.82) is 0 Å². The summed E-state index contributed by atoms with van der Waals surface area (Å²) < 4.78 is 5.73. The van der Waals surface area contributed by atoms with Crippen LogP contribution in [-0.2, 0) is 4.74 Å². The van der Waals surface area contributed by atoms with Crippen molar-refractivity contribution in [3.05, 3.63) is 65.7 Å². The number of hydrogen-bond acceptors (Lipinski definition) is 5. The number of nitrogens with zero attached hydrogens (tertiary/aromatic N) is 3. The highest BCUT2D eigenvalue weighted by atomic mass is 16.7. The molecule has 7 heteroatoms. The average molecular weight is 355 g/mol. The van der Waals surface area contributed by atoms with Crippen LogP contribution in [0.3, 0.4) is 0 Å². The molecule has 7 nitrogen and oxygen atoms in total. The molecule has 1 aliphatic heterocycles. The van der Waals surface area contributed by atoms with Crippen molar-refractivity contribution >= 4 is 11.9 Å². The van der Waals surface area contributed by atoms with Crippen molar-refractivity contribution in [2.45, 2.75) is 13.0 Å². The van der Waals surface area contributed by atoms with Crippen LogP contribution in [0.25, 0.3) is 0 Å². The highest BCUT2D eigenvalue weighted by Gasteiger charge is 2.22. The second-order valence-electron chi connectivity index (χ2n) is 5.79. The van der Waals surface area contributed by atoms with Gasteiger partial charge in [-0.1, -0.05) is 36.4 Å². The van der Waals surface area contributed by atoms with E-state index in [2.05, 4.69) is 4.99 Å².